The van der Waals surface area contributed by atoms with Crippen molar-refractivity contribution in [1.29, 1.82) is 0 Å². The highest BCUT2D eigenvalue weighted by atomic mass is 35.5. The van der Waals surface area contributed by atoms with Gasteiger partial charge in [0.05, 0.1) is 28.7 Å². The molecule has 0 saturated heterocycles. The van der Waals surface area contributed by atoms with Gasteiger partial charge in [0.2, 0.25) is 16.8 Å². The van der Waals surface area contributed by atoms with Crippen LogP contribution in [-0.4, -0.2) is 32.0 Å². The van der Waals surface area contributed by atoms with Crippen molar-refractivity contribution in [3.63, 3.8) is 0 Å². The number of non-ortho nitro benzene ring substituents is 1. The van der Waals surface area contributed by atoms with Gasteiger partial charge in [0.25, 0.3) is 5.69 Å². The number of para-hydroxylation sites is 1. The topological polar surface area (TPSA) is 112 Å². The van der Waals surface area contributed by atoms with Gasteiger partial charge in [0.15, 0.2) is 0 Å². The first-order valence-corrected chi connectivity index (χ1v) is 10.0. The summed E-state index contributed by atoms with van der Waals surface area (Å²) in [6, 6.07) is 13.2. The van der Waals surface area contributed by atoms with Crippen molar-refractivity contribution >= 4 is 45.4 Å². The number of carbonyl (C=O) groups excluding carboxylic acids is 1. The highest BCUT2D eigenvalue weighted by Gasteiger charge is 2.14. The van der Waals surface area contributed by atoms with Crippen LogP contribution in [0.1, 0.15) is 6.42 Å². The summed E-state index contributed by atoms with van der Waals surface area (Å²) < 4.78 is 7.09. The van der Waals surface area contributed by atoms with Crippen LogP contribution in [0.2, 0.25) is 5.02 Å². The van der Waals surface area contributed by atoms with Crippen LogP contribution in [0, 0.1) is 10.1 Å². The number of anilines is 1. The Kier molecular flexibility index (Phi) is 5.59. The highest BCUT2D eigenvalue weighted by molar-refractivity contribution is 7.15. The van der Waals surface area contributed by atoms with Crippen molar-refractivity contribution in [3.05, 3.63) is 69.0 Å². The molecule has 2 heterocycles. The Morgan fingerprint density at radius 3 is 2.73 bits per heavy atom. The number of hydrogen-bond donors (Lipinski definition) is 1. The van der Waals surface area contributed by atoms with Crippen molar-refractivity contribution in [2.45, 2.75) is 6.42 Å². The van der Waals surface area contributed by atoms with Crippen molar-refractivity contribution in [3.8, 4) is 17.0 Å². The number of nitro benzene ring substituents is 1. The molecular weight excluding hydrogens is 430 g/mol. The summed E-state index contributed by atoms with van der Waals surface area (Å²) in [7, 11) is 0. The van der Waals surface area contributed by atoms with Crippen LogP contribution in [0.25, 0.3) is 16.2 Å². The summed E-state index contributed by atoms with van der Waals surface area (Å²) in [4.78, 5) is 27.4. The van der Waals surface area contributed by atoms with Gasteiger partial charge >= 0.3 is 0 Å². The number of thiazole rings is 1. The first kappa shape index (κ1) is 19.8. The first-order chi connectivity index (χ1) is 14.5. The Balaban J connectivity index is 1.41. The summed E-state index contributed by atoms with van der Waals surface area (Å²) in [5.74, 6) is 0.394. The van der Waals surface area contributed by atoms with E-state index in [2.05, 4.69) is 15.4 Å². The van der Waals surface area contributed by atoms with E-state index in [1.54, 1.807) is 40.9 Å². The third kappa shape index (κ3) is 4.24. The van der Waals surface area contributed by atoms with E-state index < -0.39 is 4.92 Å². The van der Waals surface area contributed by atoms with Crippen LogP contribution in [-0.2, 0) is 4.79 Å². The smallest absolute Gasteiger partial charge is 0.269 e. The van der Waals surface area contributed by atoms with E-state index in [0.29, 0.717) is 15.7 Å². The van der Waals surface area contributed by atoms with Crippen molar-refractivity contribution in [2.24, 2.45) is 0 Å². The zero-order chi connectivity index (χ0) is 21.1. The molecule has 9 nitrogen and oxygen atoms in total. The maximum absolute atomic E-state index is 12.2. The molecule has 0 fully saturated rings. The lowest BCUT2D eigenvalue weighted by Crippen LogP contribution is -2.16. The van der Waals surface area contributed by atoms with Crippen molar-refractivity contribution < 1.29 is 14.5 Å². The molecule has 2 aromatic heterocycles. The molecule has 0 bridgehead atoms. The molecule has 0 spiro atoms. The predicted octanol–water partition coefficient (Wildman–Crippen LogP) is 4.43. The van der Waals surface area contributed by atoms with E-state index in [4.69, 9.17) is 16.3 Å². The molecule has 4 rings (SSSR count). The van der Waals surface area contributed by atoms with Gasteiger partial charge in [-0.25, -0.2) is 4.52 Å². The van der Waals surface area contributed by atoms with Crippen LogP contribution >= 0.6 is 22.9 Å². The zero-order valence-corrected chi connectivity index (χ0v) is 16.9. The molecule has 152 valence electrons. The summed E-state index contributed by atoms with van der Waals surface area (Å²) >= 11 is 7.36. The number of ether oxygens (including phenoxy) is 1. The van der Waals surface area contributed by atoms with E-state index in [0.717, 1.165) is 11.3 Å². The molecule has 2 aromatic carbocycles. The van der Waals surface area contributed by atoms with Gasteiger partial charge in [-0.3, -0.25) is 20.2 Å². The summed E-state index contributed by atoms with van der Waals surface area (Å²) in [5, 5.41) is 20.1. The first-order valence-electron chi connectivity index (χ1n) is 8.77. The highest BCUT2D eigenvalue weighted by Crippen LogP contribution is 2.27. The number of amides is 1. The molecule has 11 heteroatoms. The fraction of sp³-hybridized carbons (Fsp3) is 0.105. The van der Waals surface area contributed by atoms with Crippen LogP contribution in [0.4, 0.5) is 11.6 Å². The number of aromatic nitrogens is 3. The standard InChI is InChI=1S/C19H14ClN5O4S/c20-14-3-1-2-4-16(14)29-10-9-17(26)21-18-22-19-24(23-18)15(11-30-19)12-5-7-13(8-6-12)25(27)28/h1-8,11H,9-10H2,(H,21,23,26). The lowest BCUT2D eigenvalue weighted by atomic mass is 10.1. The molecule has 1 N–H and O–H groups in total. The summed E-state index contributed by atoms with van der Waals surface area (Å²) in [5.41, 5.74) is 1.48. The lowest BCUT2D eigenvalue weighted by molar-refractivity contribution is -0.384. The predicted molar refractivity (Wildman–Crippen MR) is 113 cm³/mol. The van der Waals surface area contributed by atoms with Gasteiger partial charge in [0, 0.05) is 23.1 Å². The van der Waals surface area contributed by atoms with Gasteiger partial charge in [0.1, 0.15) is 5.75 Å². The van der Waals surface area contributed by atoms with Gasteiger partial charge < -0.3 is 4.74 Å². The number of benzene rings is 2. The molecule has 4 aromatic rings. The van der Waals surface area contributed by atoms with E-state index >= 15 is 0 Å². The van der Waals surface area contributed by atoms with Gasteiger partial charge in [-0.15, -0.1) is 16.4 Å². The van der Waals surface area contributed by atoms with Crippen LogP contribution in [0.3, 0.4) is 0 Å². The quantitative estimate of drug-likeness (QED) is 0.334. The maximum Gasteiger partial charge on any atom is 0.269 e. The van der Waals surface area contributed by atoms with Crippen LogP contribution in [0.5, 0.6) is 5.75 Å². The van der Waals surface area contributed by atoms with E-state index in [1.807, 2.05) is 5.38 Å². The molecule has 0 aliphatic rings. The number of fused-ring (bicyclic) bond motifs is 1. The number of hydrogen-bond acceptors (Lipinski definition) is 7. The minimum Gasteiger partial charge on any atom is -0.491 e. The van der Waals surface area contributed by atoms with E-state index in [-0.39, 0.29) is 30.6 Å². The zero-order valence-electron chi connectivity index (χ0n) is 15.3. The Morgan fingerprint density at radius 2 is 2.00 bits per heavy atom. The third-order valence-electron chi connectivity index (χ3n) is 4.13. The fourth-order valence-electron chi connectivity index (χ4n) is 2.69. The number of nitrogens with zero attached hydrogens (tertiary/aromatic N) is 4. The van der Waals surface area contributed by atoms with E-state index in [1.165, 1.54) is 23.5 Å². The Labute approximate surface area is 179 Å². The van der Waals surface area contributed by atoms with Crippen LogP contribution < -0.4 is 10.1 Å². The number of rotatable bonds is 7. The molecule has 0 unspecified atom stereocenters. The van der Waals surface area contributed by atoms with Crippen LogP contribution in [0.15, 0.2) is 53.9 Å². The molecule has 0 saturated carbocycles. The van der Waals surface area contributed by atoms with Gasteiger partial charge in [-0.2, -0.15) is 4.98 Å². The molecule has 0 atom stereocenters. The average Bonchev–Trinajstić information content (AvgIpc) is 3.29. The molecule has 0 aliphatic heterocycles. The average molecular weight is 444 g/mol. The molecule has 30 heavy (non-hydrogen) atoms. The SMILES string of the molecule is O=C(CCOc1ccccc1Cl)Nc1nc2scc(-c3ccc([N+](=O)[O-])cc3)n2n1. The van der Waals surface area contributed by atoms with Crippen molar-refractivity contribution in [2.75, 3.05) is 11.9 Å². The second-order valence-corrected chi connectivity index (χ2v) is 7.38. The number of carbonyl (C=O) groups is 1. The maximum atomic E-state index is 12.2. The molecule has 1 amide bonds. The molecular formula is C19H14ClN5O4S. The lowest BCUT2D eigenvalue weighted by Gasteiger charge is -2.07. The van der Waals surface area contributed by atoms with Crippen molar-refractivity contribution in [1.82, 2.24) is 14.6 Å². The number of nitrogens with one attached hydrogen (secondary N) is 1. The molecule has 0 radical (unpaired) electrons. The normalized spacial score (nSPS) is 10.8. The summed E-state index contributed by atoms with van der Waals surface area (Å²) in [6.07, 6.45) is 0.104. The van der Waals surface area contributed by atoms with Gasteiger partial charge in [-0.1, -0.05) is 23.7 Å². The van der Waals surface area contributed by atoms with E-state index in [9.17, 15) is 14.9 Å². The monoisotopic (exact) mass is 443 g/mol. The number of nitro groups is 1. The second kappa shape index (κ2) is 8.47. The Morgan fingerprint density at radius 1 is 1.23 bits per heavy atom. The fourth-order valence-corrected chi connectivity index (χ4v) is 3.71. The minimum absolute atomic E-state index is 0.00998. The Hall–Kier alpha value is -3.50. The minimum atomic E-state index is -0.453. The third-order valence-corrected chi connectivity index (χ3v) is 5.26. The molecule has 0 aliphatic carbocycles. The van der Waals surface area contributed by atoms with Gasteiger partial charge in [-0.05, 0) is 24.3 Å². The largest absolute Gasteiger partial charge is 0.491 e. The Bertz CT molecular complexity index is 1220. The second-order valence-electron chi connectivity index (χ2n) is 6.13. The number of halogens is 1. The summed E-state index contributed by atoms with van der Waals surface area (Å²) in [6.45, 7) is 0.159.